The van der Waals surface area contributed by atoms with Crippen molar-refractivity contribution in [1.82, 2.24) is 0 Å². The molecule has 0 aliphatic carbocycles. The Morgan fingerprint density at radius 3 is 2.53 bits per heavy atom. The van der Waals surface area contributed by atoms with Crippen LogP contribution in [0.2, 0.25) is 0 Å². The molecule has 0 fully saturated rings. The molecule has 0 bridgehead atoms. The summed E-state index contributed by atoms with van der Waals surface area (Å²) in [4.78, 5) is 0. The lowest BCUT2D eigenvalue weighted by molar-refractivity contribution is 1.39. The summed E-state index contributed by atoms with van der Waals surface area (Å²) in [5.74, 6) is 0. The van der Waals surface area contributed by atoms with E-state index in [1.807, 2.05) is 49.4 Å². The first kappa shape index (κ1) is 11.0. The van der Waals surface area contributed by atoms with E-state index in [0.717, 1.165) is 22.6 Å². The normalized spacial score (nSPS) is 9.65. The number of nitrogens with two attached hydrogens (primary N) is 1. The van der Waals surface area contributed by atoms with Crippen molar-refractivity contribution >= 4 is 17.1 Å². The first-order chi connectivity index (χ1) is 8.19. The van der Waals surface area contributed by atoms with Crippen molar-refractivity contribution in [2.24, 2.45) is 0 Å². The largest absolute Gasteiger partial charge is 0.399 e. The smallest absolute Gasteiger partial charge is 0.0994 e. The van der Waals surface area contributed by atoms with Gasteiger partial charge in [-0.3, -0.25) is 0 Å². The zero-order chi connectivity index (χ0) is 12.3. The van der Waals surface area contributed by atoms with Gasteiger partial charge in [-0.1, -0.05) is 6.07 Å². The predicted molar refractivity (Wildman–Crippen MR) is 70.0 cm³/mol. The molecule has 84 valence electrons. The average molecular weight is 223 g/mol. The van der Waals surface area contributed by atoms with E-state index < -0.39 is 0 Å². The minimum Gasteiger partial charge on any atom is -0.399 e. The third kappa shape index (κ3) is 2.56. The second-order valence-electron chi connectivity index (χ2n) is 3.89. The Morgan fingerprint density at radius 2 is 1.88 bits per heavy atom. The highest BCUT2D eigenvalue weighted by molar-refractivity contribution is 5.65. The number of nitrogens with zero attached hydrogens (tertiary/aromatic N) is 1. The SMILES string of the molecule is Cc1cc(Nc2cccc(N)c2)ccc1C#N. The standard InChI is InChI=1S/C14H13N3/c1-10-7-14(6-5-11(10)9-15)17-13-4-2-3-12(16)8-13/h2-8,17H,16H2,1H3. The van der Waals surface area contributed by atoms with E-state index in [0.29, 0.717) is 5.56 Å². The highest BCUT2D eigenvalue weighted by Crippen LogP contribution is 2.20. The van der Waals surface area contributed by atoms with Crippen molar-refractivity contribution in [3.8, 4) is 6.07 Å². The number of aryl methyl sites for hydroxylation is 1. The molecule has 0 saturated carbocycles. The zero-order valence-corrected chi connectivity index (χ0v) is 9.57. The summed E-state index contributed by atoms with van der Waals surface area (Å²) in [5.41, 5.74) is 9.97. The van der Waals surface area contributed by atoms with Gasteiger partial charge in [0.2, 0.25) is 0 Å². The van der Waals surface area contributed by atoms with Gasteiger partial charge in [-0.2, -0.15) is 5.26 Å². The molecule has 2 rings (SSSR count). The van der Waals surface area contributed by atoms with E-state index in [1.165, 1.54) is 0 Å². The molecular formula is C14H13N3. The van der Waals surface area contributed by atoms with Crippen molar-refractivity contribution in [3.05, 3.63) is 53.6 Å². The van der Waals surface area contributed by atoms with Gasteiger partial charge in [0.05, 0.1) is 11.6 Å². The lowest BCUT2D eigenvalue weighted by Gasteiger charge is -2.08. The maximum absolute atomic E-state index is 8.85. The van der Waals surface area contributed by atoms with E-state index in [1.54, 1.807) is 0 Å². The molecule has 0 amide bonds. The first-order valence-corrected chi connectivity index (χ1v) is 5.32. The van der Waals surface area contributed by atoms with Crippen LogP contribution in [-0.4, -0.2) is 0 Å². The number of nitriles is 1. The Hall–Kier alpha value is -2.47. The van der Waals surface area contributed by atoms with Crippen molar-refractivity contribution in [3.63, 3.8) is 0 Å². The van der Waals surface area contributed by atoms with Crippen LogP contribution in [0.25, 0.3) is 0 Å². The average Bonchev–Trinajstić information content (AvgIpc) is 2.29. The minimum atomic E-state index is 0.697. The van der Waals surface area contributed by atoms with Gasteiger partial charge >= 0.3 is 0 Å². The van der Waals surface area contributed by atoms with Crippen LogP contribution in [0.4, 0.5) is 17.1 Å². The maximum Gasteiger partial charge on any atom is 0.0994 e. The Bertz CT molecular complexity index is 582. The lowest BCUT2D eigenvalue weighted by Crippen LogP contribution is -1.93. The quantitative estimate of drug-likeness (QED) is 0.768. The van der Waals surface area contributed by atoms with Gasteiger partial charge in [0.15, 0.2) is 0 Å². The fraction of sp³-hybridized carbons (Fsp3) is 0.0714. The molecule has 17 heavy (non-hydrogen) atoms. The van der Waals surface area contributed by atoms with Crippen LogP contribution in [0.1, 0.15) is 11.1 Å². The third-order valence-electron chi connectivity index (χ3n) is 2.52. The zero-order valence-electron chi connectivity index (χ0n) is 9.57. The van der Waals surface area contributed by atoms with Gasteiger partial charge in [-0.15, -0.1) is 0 Å². The van der Waals surface area contributed by atoms with Crippen molar-refractivity contribution in [2.45, 2.75) is 6.92 Å². The summed E-state index contributed by atoms with van der Waals surface area (Å²) in [6.07, 6.45) is 0. The highest BCUT2D eigenvalue weighted by atomic mass is 14.9. The van der Waals surface area contributed by atoms with Crippen LogP contribution in [0.15, 0.2) is 42.5 Å². The molecule has 2 aromatic carbocycles. The number of rotatable bonds is 2. The molecule has 0 unspecified atom stereocenters. The molecule has 0 aliphatic rings. The molecule has 2 aromatic rings. The van der Waals surface area contributed by atoms with Crippen LogP contribution in [0, 0.1) is 18.3 Å². The van der Waals surface area contributed by atoms with E-state index in [4.69, 9.17) is 11.0 Å². The molecule has 0 spiro atoms. The number of hydrogen-bond donors (Lipinski definition) is 2. The molecular weight excluding hydrogens is 210 g/mol. The molecule has 0 heterocycles. The fourth-order valence-corrected chi connectivity index (χ4v) is 1.65. The van der Waals surface area contributed by atoms with Gasteiger partial charge in [-0.05, 0) is 48.9 Å². The topological polar surface area (TPSA) is 61.8 Å². The monoisotopic (exact) mass is 223 g/mol. The van der Waals surface area contributed by atoms with Crippen LogP contribution in [0.3, 0.4) is 0 Å². The van der Waals surface area contributed by atoms with Crippen LogP contribution in [0.5, 0.6) is 0 Å². The van der Waals surface area contributed by atoms with Crippen molar-refractivity contribution < 1.29 is 0 Å². The molecule has 0 atom stereocenters. The number of anilines is 3. The minimum absolute atomic E-state index is 0.697. The molecule has 3 nitrogen and oxygen atoms in total. The first-order valence-electron chi connectivity index (χ1n) is 5.32. The van der Waals surface area contributed by atoms with Crippen LogP contribution < -0.4 is 11.1 Å². The van der Waals surface area contributed by atoms with E-state index in [2.05, 4.69) is 11.4 Å². The molecule has 0 aliphatic heterocycles. The second-order valence-corrected chi connectivity index (χ2v) is 3.89. The van der Waals surface area contributed by atoms with Crippen molar-refractivity contribution in [2.75, 3.05) is 11.1 Å². The Balaban J connectivity index is 2.25. The number of hydrogen-bond acceptors (Lipinski definition) is 3. The van der Waals surface area contributed by atoms with Crippen LogP contribution >= 0.6 is 0 Å². The van der Waals surface area contributed by atoms with Gasteiger partial charge in [-0.25, -0.2) is 0 Å². The summed E-state index contributed by atoms with van der Waals surface area (Å²) in [6, 6.07) is 15.3. The number of nitrogens with one attached hydrogen (secondary N) is 1. The summed E-state index contributed by atoms with van der Waals surface area (Å²) in [7, 11) is 0. The molecule has 0 saturated heterocycles. The Morgan fingerprint density at radius 1 is 1.12 bits per heavy atom. The molecule has 0 aromatic heterocycles. The molecule has 3 heteroatoms. The fourth-order valence-electron chi connectivity index (χ4n) is 1.65. The van der Waals surface area contributed by atoms with Gasteiger partial charge in [0.25, 0.3) is 0 Å². The third-order valence-corrected chi connectivity index (χ3v) is 2.52. The Labute approximate surface area is 101 Å². The van der Waals surface area contributed by atoms with E-state index in [9.17, 15) is 0 Å². The van der Waals surface area contributed by atoms with Crippen LogP contribution in [-0.2, 0) is 0 Å². The molecule has 3 N–H and O–H groups in total. The second kappa shape index (κ2) is 4.58. The number of nitrogen functional groups attached to an aromatic ring is 1. The number of benzene rings is 2. The highest BCUT2D eigenvalue weighted by Gasteiger charge is 1.99. The summed E-state index contributed by atoms with van der Waals surface area (Å²) >= 11 is 0. The predicted octanol–water partition coefficient (Wildman–Crippen LogP) is 3.19. The van der Waals surface area contributed by atoms with E-state index in [-0.39, 0.29) is 0 Å². The lowest BCUT2D eigenvalue weighted by atomic mass is 10.1. The Kier molecular flexibility index (Phi) is 2.97. The summed E-state index contributed by atoms with van der Waals surface area (Å²) < 4.78 is 0. The van der Waals surface area contributed by atoms with Crippen molar-refractivity contribution in [1.29, 1.82) is 5.26 Å². The van der Waals surface area contributed by atoms with Gasteiger partial charge < -0.3 is 11.1 Å². The van der Waals surface area contributed by atoms with Gasteiger partial charge in [0.1, 0.15) is 0 Å². The van der Waals surface area contributed by atoms with E-state index >= 15 is 0 Å². The summed E-state index contributed by atoms with van der Waals surface area (Å²) in [5, 5.41) is 12.1. The molecule has 0 radical (unpaired) electrons. The van der Waals surface area contributed by atoms with Gasteiger partial charge in [0, 0.05) is 17.1 Å². The summed E-state index contributed by atoms with van der Waals surface area (Å²) in [6.45, 7) is 1.92. The maximum atomic E-state index is 8.85.